The third kappa shape index (κ3) is 4.51. The summed E-state index contributed by atoms with van der Waals surface area (Å²) in [6.45, 7) is 6.08. The first-order chi connectivity index (χ1) is 15.7. The lowest BCUT2D eigenvalue weighted by Crippen LogP contribution is -2.38. The van der Waals surface area contributed by atoms with E-state index in [0.717, 1.165) is 11.3 Å². The van der Waals surface area contributed by atoms with Gasteiger partial charge in [-0.2, -0.15) is 0 Å². The van der Waals surface area contributed by atoms with E-state index in [1.165, 1.54) is 7.11 Å². The zero-order valence-electron chi connectivity index (χ0n) is 19.4. The molecule has 0 radical (unpaired) electrons. The van der Waals surface area contributed by atoms with Crippen LogP contribution in [0.4, 0.5) is 0 Å². The summed E-state index contributed by atoms with van der Waals surface area (Å²) in [7, 11) is 1.48. The number of nitrogens with one attached hydrogen (secondary N) is 1. The fourth-order valence-corrected chi connectivity index (χ4v) is 4.73. The van der Waals surface area contributed by atoms with Gasteiger partial charge in [0, 0.05) is 29.3 Å². The quantitative estimate of drug-likeness (QED) is 0.644. The molecule has 0 spiro atoms. The van der Waals surface area contributed by atoms with Crippen molar-refractivity contribution >= 4 is 11.8 Å². The molecule has 0 saturated heterocycles. The Kier molecular flexibility index (Phi) is 6.02. The lowest BCUT2D eigenvalue weighted by atomic mass is 9.68. The van der Waals surface area contributed by atoms with Crippen LogP contribution in [0.3, 0.4) is 0 Å². The van der Waals surface area contributed by atoms with Gasteiger partial charge in [0.05, 0.1) is 12.7 Å². The maximum atomic E-state index is 13.3. The van der Waals surface area contributed by atoms with E-state index in [2.05, 4.69) is 19.2 Å². The Morgan fingerprint density at radius 2 is 1.88 bits per heavy atom. The standard InChI is InChI=1S/C27H29NO5/c1-16-23(26(31)33-15-17-8-6-5-7-9-17)24(18-10-11-22(32-4)20(29)12-18)25-19(28-16)13-27(2,3)14-21(25)30/h5-12,24,28-29H,13-15H2,1-4H3/t24-/m1/s1. The number of methoxy groups -OCH3 is 1. The third-order valence-electron chi connectivity index (χ3n) is 6.21. The molecule has 1 atom stereocenters. The second-order valence-electron chi connectivity index (χ2n) is 9.42. The molecule has 1 heterocycles. The number of aromatic hydroxyl groups is 1. The van der Waals surface area contributed by atoms with Crippen molar-refractivity contribution in [2.75, 3.05) is 7.11 Å². The summed E-state index contributed by atoms with van der Waals surface area (Å²) < 4.78 is 10.8. The molecule has 2 aromatic carbocycles. The molecule has 0 aromatic heterocycles. The average molecular weight is 448 g/mol. The van der Waals surface area contributed by atoms with Gasteiger partial charge in [-0.15, -0.1) is 0 Å². The lowest BCUT2D eigenvalue weighted by molar-refractivity contribution is -0.140. The van der Waals surface area contributed by atoms with Crippen LogP contribution in [-0.4, -0.2) is 24.0 Å². The summed E-state index contributed by atoms with van der Waals surface area (Å²) in [5.74, 6) is -0.853. The van der Waals surface area contributed by atoms with Gasteiger partial charge in [0.2, 0.25) is 0 Å². The summed E-state index contributed by atoms with van der Waals surface area (Å²) in [6.07, 6.45) is 1.08. The lowest BCUT2D eigenvalue weighted by Gasteiger charge is -2.39. The van der Waals surface area contributed by atoms with E-state index in [9.17, 15) is 14.7 Å². The summed E-state index contributed by atoms with van der Waals surface area (Å²) in [4.78, 5) is 26.7. The smallest absolute Gasteiger partial charge is 0.337 e. The molecule has 0 unspecified atom stereocenters. The molecule has 1 aliphatic heterocycles. The van der Waals surface area contributed by atoms with Gasteiger partial charge in [-0.25, -0.2) is 4.79 Å². The molecule has 172 valence electrons. The normalized spacial score (nSPS) is 19.6. The van der Waals surface area contributed by atoms with Crippen LogP contribution in [0.1, 0.15) is 50.7 Å². The number of carbonyl (C=O) groups excluding carboxylic acids is 2. The minimum atomic E-state index is -0.634. The Morgan fingerprint density at radius 3 is 2.55 bits per heavy atom. The number of allylic oxidation sites excluding steroid dienone is 3. The number of rotatable bonds is 5. The highest BCUT2D eigenvalue weighted by Crippen LogP contribution is 2.47. The molecule has 1 aliphatic carbocycles. The van der Waals surface area contributed by atoms with Gasteiger partial charge >= 0.3 is 5.97 Å². The average Bonchev–Trinajstić information content (AvgIpc) is 2.76. The van der Waals surface area contributed by atoms with Crippen LogP contribution in [0.5, 0.6) is 11.5 Å². The number of phenols is 1. The highest BCUT2D eigenvalue weighted by Gasteiger charge is 2.43. The summed E-state index contributed by atoms with van der Waals surface area (Å²) >= 11 is 0. The first kappa shape index (κ1) is 22.6. The van der Waals surface area contributed by atoms with Crippen molar-refractivity contribution in [1.29, 1.82) is 0 Å². The van der Waals surface area contributed by atoms with E-state index >= 15 is 0 Å². The van der Waals surface area contributed by atoms with Crippen molar-refractivity contribution < 1.29 is 24.2 Å². The Balaban J connectivity index is 1.76. The van der Waals surface area contributed by atoms with Crippen molar-refractivity contribution in [3.05, 3.63) is 82.2 Å². The van der Waals surface area contributed by atoms with Crippen LogP contribution >= 0.6 is 0 Å². The van der Waals surface area contributed by atoms with E-state index in [1.54, 1.807) is 18.2 Å². The monoisotopic (exact) mass is 447 g/mol. The predicted octanol–water partition coefficient (Wildman–Crippen LogP) is 4.75. The van der Waals surface area contributed by atoms with Crippen molar-refractivity contribution in [2.45, 2.75) is 46.1 Å². The Bertz CT molecular complexity index is 1160. The third-order valence-corrected chi connectivity index (χ3v) is 6.21. The number of carbonyl (C=O) groups is 2. The van der Waals surface area contributed by atoms with Crippen LogP contribution in [0, 0.1) is 5.41 Å². The highest BCUT2D eigenvalue weighted by molar-refractivity contribution is 6.04. The van der Waals surface area contributed by atoms with Crippen molar-refractivity contribution in [2.24, 2.45) is 5.41 Å². The van der Waals surface area contributed by atoms with Gasteiger partial charge in [0.1, 0.15) is 6.61 Å². The zero-order valence-corrected chi connectivity index (χ0v) is 19.4. The molecule has 2 N–H and O–H groups in total. The number of hydrogen-bond donors (Lipinski definition) is 2. The van der Waals surface area contributed by atoms with Crippen LogP contribution in [-0.2, 0) is 20.9 Å². The Hall–Kier alpha value is -3.54. The molecule has 0 amide bonds. The summed E-state index contributed by atoms with van der Waals surface area (Å²) in [5.41, 5.74) is 3.76. The molecule has 0 saturated carbocycles. The fraction of sp³-hybridized carbons (Fsp3) is 0.333. The van der Waals surface area contributed by atoms with E-state index < -0.39 is 11.9 Å². The topological polar surface area (TPSA) is 84.9 Å². The fourth-order valence-electron chi connectivity index (χ4n) is 4.73. The van der Waals surface area contributed by atoms with Gasteiger partial charge in [-0.3, -0.25) is 4.79 Å². The van der Waals surface area contributed by atoms with Crippen LogP contribution in [0.15, 0.2) is 71.1 Å². The molecule has 4 rings (SSSR count). The van der Waals surface area contributed by atoms with Gasteiger partial charge in [-0.05, 0) is 42.0 Å². The van der Waals surface area contributed by atoms with E-state index in [-0.39, 0.29) is 23.6 Å². The number of esters is 1. The molecule has 33 heavy (non-hydrogen) atoms. The second-order valence-corrected chi connectivity index (χ2v) is 9.42. The summed E-state index contributed by atoms with van der Waals surface area (Å²) in [6, 6.07) is 14.4. The van der Waals surface area contributed by atoms with Crippen molar-refractivity contribution in [3.8, 4) is 11.5 Å². The minimum Gasteiger partial charge on any atom is -0.504 e. The number of benzene rings is 2. The minimum absolute atomic E-state index is 0.00471. The number of phenolic OH excluding ortho intramolecular Hbond substituents is 1. The number of dihydropyridines is 1. The van der Waals surface area contributed by atoms with Crippen LogP contribution in [0.25, 0.3) is 0 Å². The second kappa shape index (κ2) is 8.77. The van der Waals surface area contributed by atoms with Crippen molar-refractivity contribution in [3.63, 3.8) is 0 Å². The molecule has 2 aliphatic rings. The Morgan fingerprint density at radius 1 is 1.15 bits per heavy atom. The number of hydrogen-bond acceptors (Lipinski definition) is 6. The van der Waals surface area contributed by atoms with E-state index in [0.29, 0.717) is 41.0 Å². The molecule has 0 bridgehead atoms. The van der Waals surface area contributed by atoms with Gasteiger partial charge < -0.3 is 19.9 Å². The van der Waals surface area contributed by atoms with Gasteiger partial charge in [-0.1, -0.05) is 50.2 Å². The molecule has 2 aromatic rings. The van der Waals surface area contributed by atoms with Gasteiger partial charge in [0.15, 0.2) is 17.3 Å². The van der Waals surface area contributed by atoms with E-state index in [4.69, 9.17) is 9.47 Å². The van der Waals surface area contributed by atoms with Gasteiger partial charge in [0.25, 0.3) is 0 Å². The van der Waals surface area contributed by atoms with Crippen LogP contribution < -0.4 is 10.1 Å². The molecule has 0 fully saturated rings. The predicted molar refractivity (Wildman–Crippen MR) is 125 cm³/mol. The zero-order chi connectivity index (χ0) is 23.8. The van der Waals surface area contributed by atoms with Crippen LogP contribution in [0.2, 0.25) is 0 Å². The highest BCUT2D eigenvalue weighted by atomic mass is 16.5. The maximum absolute atomic E-state index is 13.3. The van der Waals surface area contributed by atoms with E-state index in [1.807, 2.05) is 37.3 Å². The molecule has 6 nitrogen and oxygen atoms in total. The molecular weight excluding hydrogens is 418 g/mol. The maximum Gasteiger partial charge on any atom is 0.337 e. The SMILES string of the molecule is COc1ccc([C@@H]2C(C(=O)OCc3ccccc3)=C(C)NC3=C2C(=O)CC(C)(C)C3)cc1O. The van der Waals surface area contributed by atoms with Crippen molar-refractivity contribution in [1.82, 2.24) is 5.32 Å². The molecular formula is C27H29NO5. The first-order valence-corrected chi connectivity index (χ1v) is 11.0. The first-order valence-electron chi connectivity index (χ1n) is 11.0. The number of ketones is 1. The number of Topliss-reactive ketones (excluding diaryl/α,β-unsaturated/α-hetero) is 1. The molecule has 6 heteroatoms. The number of ether oxygens (including phenoxy) is 2. The largest absolute Gasteiger partial charge is 0.504 e. The summed E-state index contributed by atoms with van der Waals surface area (Å²) in [5, 5.41) is 13.8. The Labute approximate surface area is 193 Å².